The van der Waals surface area contributed by atoms with Crippen LogP contribution in [0.15, 0.2) is 54.6 Å². The third kappa shape index (κ3) is 4.32. The summed E-state index contributed by atoms with van der Waals surface area (Å²) in [4.78, 5) is 13.5. The number of carbonyl (C=O) groups excluding carboxylic acids is 1. The Hall–Kier alpha value is -2.23. The Labute approximate surface area is 223 Å². The molecule has 7 heteroatoms. The molecule has 5 atom stereocenters. The topological polar surface area (TPSA) is 74.7 Å². The summed E-state index contributed by atoms with van der Waals surface area (Å²) in [6.45, 7) is 3.04. The first-order valence-electron chi connectivity index (χ1n) is 12.0. The number of benzene rings is 2. The molecule has 1 aromatic heterocycles. The second kappa shape index (κ2) is 10.0. The zero-order valence-electron chi connectivity index (χ0n) is 20.4. The summed E-state index contributed by atoms with van der Waals surface area (Å²) in [6.07, 6.45) is 1.41. The number of esters is 1. The molecule has 1 aliphatic carbocycles. The second-order valence-corrected chi connectivity index (χ2v) is 9.99. The van der Waals surface area contributed by atoms with Crippen LogP contribution in [0.25, 0.3) is 10.9 Å². The highest BCUT2D eigenvalue weighted by Crippen LogP contribution is 2.50. The van der Waals surface area contributed by atoms with Gasteiger partial charge in [0.2, 0.25) is 0 Å². The fourth-order valence-corrected chi connectivity index (χ4v) is 6.44. The molecule has 186 valence electrons. The summed E-state index contributed by atoms with van der Waals surface area (Å²) < 4.78 is 9.59. The van der Waals surface area contributed by atoms with Crippen molar-refractivity contribution in [3.05, 3.63) is 71.4 Å². The minimum absolute atomic E-state index is 0. The Morgan fingerprint density at radius 1 is 1.20 bits per heavy atom. The monoisotopic (exact) mass is 588 g/mol. The van der Waals surface area contributed by atoms with E-state index in [4.69, 9.17) is 4.74 Å². The van der Waals surface area contributed by atoms with E-state index < -0.39 is 17.6 Å². The molecule has 2 N–H and O–H groups in total. The number of para-hydroxylation sites is 1. The SMILES string of the molecule is COC(=O)[C@@]12C=[N+](C)C[C@H](C(C)O)[C@@H]1CC(O)c1c(c3ccccc3n1Cc1ccccc1)C2.[I-]. The van der Waals surface area contributed by atoms with Crippen molar-refractivity contribution < 1.29 is 48.3 Å². The molecule has 1 aliphatic heterocycles. The summed E-state index contributed by atoms with van der Waals surface area (Å²) in [7, 11) is 3.37. The molecular weight excluding hydrogens is 555 g/mol. The summed E-state index contributed by atoms with van der Waals surface area (Å²) in [6, 6.07) is 18.4. The van der Waals surface area contributed by atoms with Crippen LogP contribution >= 0.6 is 0 Å². The Morgan fingerprint density at radius 3 is 2.57 bits per heavy atom. The predicted molar refractivity (Wildman–Crippen MR) is 131 cm³/mol. The quantitative estimate of drug-likeness (QED) is 0.259. The van der Waals surface area contributed by atoms with Gasteiger partial charge in [-0.2, -0.15) is 0 Å². The van der Waals surface area contributed by atoms with Gasteiger partial charge in [-0.3, -0.25) is 4.79 Å². The Balaban J connectivity index is 0.00000289. The molecule has 0 radical (unpaired) electrons. The maximum atomic E-state index is 13.5. The van der Waals surface area contributed by atoms with E-state index in [0.717, 1.165) is 27.7 Å². The van der Waals surface area contributed by atoms with E-state index in [1.165, 1.54) is 7.11 Å². The number of hydrogen-bond donors (Lipinski definition) is 2. The van der Waals surface area contributed by atoms with Crippen molar-refractivity contribution in [3.8, 4) is 0 Å². The van der Waals surface area contributed by atoms with Gasteiger partial charge in [0.05, 0.1) is 25.0 Å². The van der Waals surface area contributed by atoms with Crippen LogP contribution in [-0.2, 0) is 22.5 Å². The van der Waals surface area contributed by atoms with Crippen molar-refractivity contribution in [2.24, 2.45) is 17.3 Å². The van der Waals surface area contributed by atoms with Crippen molar-refractivity contribution in [1.82, 2.24) is 4.57 Å². The zero-order chi connectivity index (χ0) is 24.0. The molecule has 2 aliphatic rings. The Kier molecular flexibility index (Phi) is 7.41. The number of carbonyl (C=O) groups is 1. The van der Waals surface area contributed by atoms with Crippen molar-refractivity contribution in [2.75, 3.05) is 20.7 Å². The number of hydrogen-bond acceptors (Lipinski definition) is 4. The van der Waals surface area contributed by atoms with Gasteiger partial charge in [0.15, 0.2) is 11.6 Å². The number of fused-ring (bicyclic) bond motifs is 4. The first-order chi connectivity index (χ1) is 16.4. The van der Waals surface area contributed by atoms with Gasteiger partial charge in [-0.25, -0.2) is 4.58 Å². The highest BCUT2D eigenvalue weighted by molar-refractivity contribution is 5.96. The molecule has 2 unspecified atom stereocenters. The molecule has 5 rings (SSSR count). The molecule has 0 saturated carbocycles. The van der Waals surface area contributed by atoms with E-state index in [-0.39, 0.29) is 41.8 Å². The number of methoxy groups -OCH3 is 1. The normalized spacial score (nSPS) is 26.5. The smallest absolute Gasteiger partial charge is 0.322 e. The van der Waals surface area contributed by atoms with Crippen LogP contribution in [0.1, 0.15) is 36.3 Å². The number of ether oxygens (including phenoxy) is 1. The van der Waals surface area contributed by atoms with Crippen molar-refractivity contribution in [2.45, 2.75) is 38.5 Å². The van der Waals surface area contributed by atoms with Gasteiger partial charge in [0.25, 0.3) is 0 Å². The number of aliphatic hydroxyl groups is 2. The number of halogens is 1. The van der Waals surface area contributed by atoms with Crippen LogP contribution in [0.5, 0.6) is 0 Å². The lowest BCUT2D eigenvalue weighted by Crippen LogP contribution is -3.00. The lowest BCUT2D eigenvalue weighted by Gasteiger charge is -2.41. The van der Waals surface area contributed by atoms with E-state index in [1.54, 1.807) is 6.92 Å². The van der Waals surface area contributed by atoms with Gasteiger partial charge in [-0.1, -0.05) is 48.5 Å². The van der Waals surface area contributed by atoms with Gasteiger partial charge in [0, 0.05) is 29.8 Å². The number of aromatic nitrogens is 1. The minimum Gasteiger partial charge on any atom is -1.00 e. The number of aliphatic hydroxyl groups excluding tert-OH is 2. The molecule has 0 saturated heterocycles. The van der Waals surface area contributed by atoms with Crippen LogP contribution in [0.4, 0.5) is 0 Å². The standard InChI is InChI=1S/C28H33N2O4.HI/c1-18(31)22-16-29(2)17-28(27(33)34-3)14-21-20-11-7-8-12-24(20)30(15-19-9-5-4-6-10-19)26(21)25(32)13-23(22)28;/h4-12,17-18,22-23,25,31-32H,13-16H2,1-3H3;1H/q+1;/p-1/t18?,22-,23+,25?,28+;/m1./s1. The fourth-order valence-electron chi connectivity index (χ4n) is 6.44. The van der Waals surface area contributed by atoms with Crippen LogP contribution in [-0.4, -0.2) is 58.3 Å². The third-order valence-electron chi connectivity index (χ3n) is 7.88. The van der Waals surface area contributed by atoms with Crippen molar-refractivity contribution in [1.29, 1.82) is 0 Å². The van der Waals surface area contributed by atoms with E-state index in [1.807, 2.05) is 48.2 Å². The summed E-state index contributed by atoms with van der Waals surface area (Å²) in [5.74, 6) is -0.723. The van der Waals surface area contributed by atoms with Crippen LogP contribution in [0.2, 0.25) is 0 Å². The Bertz CT molecular complexity index is 1250. The summed E-state index contributed by atoms with van der Waals surface area (Å²) in [5.41, 5.74) is 3.09. The molecule has 3 aromatic rings. The summed E-state index contributed by atoms with van der Waals surface area (Å²) in [5, 5.41) is 23.4. The van der Waals surface area contributed by atoms with Gasteiger partial charge < -0.3 is 43.5 Å². The van der Waals surface area contributed by atoms with Crippen LogP contribution in [0, 0.1) is 17.3 Å². The van der Waals surface area contributed by atoms with Crippen molar-refractivity contribution >= 4 is 23.1 Å². The van der Waals surface area contributed by atoms with Gasteiger partial charge >= 0.3 is 5.97 Å². The maximum absolute atomic E-state index is 13.5. The molecule has 6 nitrogen and oxygen atoms in total. The maximum Gasteiger partial charge on any atom is 0.322 e. The van der Waals surface area contributed by atoms with E-state index in [0.29, 0.717) is 25.9 Å². The van der Waals surface area contributed by atoms with E-state index in [2.05, 4.69) is 28.8 Å². The fraction of sp³-hybridized carbons (Fsp3) is 0.429. The Morgan fingerprint density at radius 2 is 1.89 bits per heavy atom. The summed E-state index contributed by atoms with van der Waals surface area (Å²) >= 11 is 0. The molecule has 2 heterocycles. The van der Waals surface area contributed by atoms with Gasteiger partial charge in [-0.05, 0) is 36.5 Å². The first-order valence-corrected chi connectivity index (χ1v) is 12.0. The van der Waals surface area contributed by atoms with Crippen LogP contribution in [0.3, 0.4) is 0 Å². The van der Waals surface area contributed by atoms with Crippen LogP contribution < -0.4 is 24.0 Å². The average molecular weight is 588 g/mol. The van der Waals surface area contributed by atoms with E-state index in [9.17, 15) is 15.0 Å². The largest absolute Gasteiger partial charge is 1.00 e. The van der Waals surface area contributed by atoms with Gasteiger partial charge in [-0.15, -0.1) is 0 Å². The average Bonchev–Trinajstić information content (AvgIpc) is 3.05. The van der Waals surface area contributed by atoms with Gasteiger partial charge in [0.1, 0.15) is 13.6 Å². The second-order valence-electron chi connectivity index (χ2n) is 9.99. The predicted octanol–water partition coefficient (Wildman–Crippen LogP) is 0.173. The molecule has 0 bridgehead atoms. The van der Waals surface area contributed by atoms with Crippen molar-refractivity contribution in [3.63, 3.8) is 0 Å². The lowest BCUT2D eigenvalue weighted by molar-refractivity contribution is -0.516. The molecule has 0 spiro atoms. The number of rotatable bonds is 4. The molecule has 35 heavy (non-hydrogen) atoms. The van der Waals surface area contributed by atoms with E-state index >= 15 is 0 Å². The molecular formula is C28H33IN2O4. The highest BCUT2D eigenvalue weighted by atomic mass is 127. The lowest BCUT2D eigenvalue weighted by atomic mass is 9.63. The molecule has 0 amide bonds. The number of nitrogens with zero attached hydrogens (tertiary/aromatic N) is 2. The first kappa shape index (κ1) is 25.9. The molecule has 2 aromatic carbocycles. The third-order valence-corrected chi connectivity index (χ3v) is 7.88. The molecule has 0 fully saturated rings. The minimum atomic E-state index is -0.961. The highest BCUT2D eigenvalue weighted by Gasteiger charge is 2.58. The zero-order valence-corrected chi connectivity index (χ0v) is 22.6.